The van der Waals surface area contributed by atoms with Crippen molar-refractivity contribution in [1.29, 1.82) is 0 Å². The highest BCUT2D eigenvalue weighted by atomic mass is 35.5. The molecule has 0 bridgehead atoms. The number of rotatable bonds is 1. The van der Waals surface area contributed by atoms with Crippen molar-refractivity contribution in [2.75, 3.05) is 4.90 Å². The molecule has 2 aromatic rings. The highest BCUT2D eigenvalue weighted by Gasteiger charge is 2.37. The number of benzene rings is 2. The van der Waals surface area contributed by atoms with Gasteiger partial charge in [0.05, 0.1) is 21.8 Å². The number of aromatic hydroxyl groups is 1. The summed E-state index contributed by atoms with van der Waals surface area (Å²) < 4.78 is 0. The van der Waals surface area contributed by atoms with Gasteiger partial charge in [0.2, 0.25) is 0 Å². The Labute approximate surface area is 120 Å². The van der Waals surface area contributed by atoms with Crippen molar-refractivity contribution in [3.8, 4) is 5.75 Å². The van der Waals surface area contributed by atoms with E-state index in [1.807, 2.05) is 6.92 Å². The fraction of sp³-hybridized carbons (Fsp3) is 0.0667. The van der Waals surface area contributed by atoms with Crippen molar-refractivity contribution in [3.05, 3.63) is 58.1 Å². The molecule has 2 amide bonds. The van der Waals surface area contributed by atoms with Gasteiger partial charge in [0.25, 0.3) is 11.8 Å². The number of anilines is 1. The number of nitrogens with zero attached hydrogens (tertiary/aromatic N) is 1. The highest BCUT2D eigenvalue weighted by molar-refractivity contribution is 6.39. The Morgan fingerprint density at radius 2 is 1.70 bits per heavy atom. The van der Waals surface area contributed by atoms with E-state index in [9.17, 15) is 14.7 Å². The van der Waals surface area contributed by atoms with Crippen LogP contribution in [-0.2, 0) is 0 Å². The fourth-order valence-corrected chi connectivity index (χ4v) is 2.51. The molecule has 100 valence electrons. The van der Waals surface area contributed by atoms with Crippen LogP contribution in [-0.4, -0.2) is 16.9 Å². The second-order valence-corrected chi connectivity index (χ2v) is 5.04. The Morgan fingerprint density at radius 1 is 1.00 bits per heavy atom. The third-order valence-corrected chi connectivity index (χ3v) is 3.52. The van der Waals surface area contributed by atoms with E-state index >= 15 is 0 Å². The maximum Gasteiger partial charge on any atom is 0.266 e. The van der Waals surface area contributed by atoms with E-state index < -0.39 is 11.8 Å². The zero-order valence-electron chi connectivity index (χ0n) is 10.6. The summed E-state index contributed by atoms with van der Waals surface area (Å²) in [4.78, 5) is 25.8. The van der Waals surface area contributed by atoms with Crippen molar-refractivity contribution in [3.63, 3.8) is 0 Å². The van der Waals surface area contributed by atoms with Gasteiger partial charge in [-0.15, -0.1) is 0 Å². The Balaban J connectivity index is 2.14. The van der Waals surface area contributed by atoms with Crippen LogP contribution in [0.15, 0.2) is 36.4 Å². The molecule has 0 radical (unpaired) electrons. The lowest BCUT2D eigenvalue weighted by Gasteiger charge is -2.15. The summed E-state index contributed by atoms with van der Waals surface area (Å²) in [5.74, 6) is -0.829. The predicted octanol–water partition coefficient (Wildman–Crippen LogP) is 3.15. The number of carbonyl (C=O) groups is 2. The fourth-order valence-electron chi connectivity index (χ4n) is 2.25. The van der Waals surface area contributed by atoms with Gasteiger partial charge in [-0.2, -0.15) is 0 Å². The van der Waals surface area contributed by atoms with Crippen LogP contribution in [0.4, 0.5) is 5.69 Å². The maximum absolute atomic E-state index is 12.4. The number of fused-ring (bicyclic) bond motifs is 1. The minimum Gasteiger partial charge on any atom is -0.508 e. The molecule has 0 spiro atoms. The molecule has 1 aliphatic heterocycles. The number of carbonyl (C=O) groups excluding carboxylic acids is 2. The third kappa shape index (κ3) is 1.77. The molecule has 0 unspecified atom stereocenters. The van der Waals surface area contributed by atoms with Crippen LogP contribution in [0, 0.1) is 6.92 Å². The number of imide groups is 1. The van der Waals surface area contributed by atoms with Gasteiger partial charge in [0.15, 0.2) is 0 Å². The first kappa shape index (κ1) is 12.7. The number of halogens is 1. The summed E-state index contributed by atoms with van der Waals surface area (Å²) in [5.41, 5.74) is 1.92. The minimum atomic E-state index is -0.405. The van der Waals surface area contributed by atoms with Crippen molar-refractivity contribution in [1.82, 2.24) is 0 Å². The quantitative estimate of drug-likeness (QED) is 0.820. The second kappa shape index (κ2) is 4.35. The lowest BCUT2D eigenvalue weighted by Crippen LogP contribution is -2.29. The topological polar surface area (TPSA) is 57.6 Å². The lowest BCUT2D eigenvalue weighted by molar-refractivity contribution is 0.0926. The summed E-state index contributed by atoms with van der Waals surface area (Å²) in [6.45, 7) is 1.86. The van der Waals surface area contributed by atoms with Gasteiger partial charge in [0, 0.05) is 6.07 Å². The van der Waals surface area contributed by atoms with Gasteiger partial charge in [-0.3, -0.25) is 9.59 Å². The Kier molecular flexibility index (Phi) is 2.76. The van der Waals surface area contributed by atoms with Crippen molar-refractivity contribution in [2.45, 2.75) is 6.92 Å². The smallest absolute Gasteiger partial charge is 0.266 e. The molecule has 0 saturated carbocycles. The van der Waals surface area contributed by atoms with E-state index in [0.29, 0.717) is 11.1 Å². The van der Waals surface area contributed by atoms with Crippen LogP contribution < -0.4 is 4.90 Å². The van der Waals surface area contributed by atoms with Gasteiger partial charge < -0.3 is 5.11 Å². The largest absolute Gasteiger partial charge is 0.508 e. The number of aryl methyl sites for hydroxylation is 1. The van der Waals surface area contributed by atoms with Crippen molar-refractivity contribution in [2.24, 2.45) is 0 Å². The molecule has 4 nitrogen and oxygen atoms in total. The van der Waals surface area contributed by atoms with Crippen LogP contribution >= 0.6 is 11.6 Å². The number of phenolic OH excluding ortho intramolecular Hbond substituents is 1. The molecule has 3 rings (SSSR count). The van der Waals surface area contributed by atoms with Gasteiger partial charge in [-0.05, 0) is 31.2 Å². The second-order valence-electron chi connectivity index (χ2n) is 4.63. The zero-order valence-corrected chi connectivity index (χ0v) is 11.3. The molecule has 0 atom stereocenters. The molecular weight excluding hydrogens is 278 g/mol. The number of hydrogen-bond donors (Lipinski definition) is 1. The molecule has 1 aliphatic rings. The normalized spacial score (nSPS) is 13.8. The molecule has 20 heavy (non-hydrogen) atoms. The molecular formula is C15H10ClNO3. The van der Waals surface area contributed by atoms with E-state index in [1.165, 1.54) is 18.2 Å². The predicted molar refractivity (Wildman–Crippen MR) is 75.4 cm³/mol. The Hall–Kier alpha value is -2.33. The molecule has 1 heterocycles. The summed E-state index contributed by atoms with van der Waals surface area (Å²) in [6, 6.07) is 9.24. The lowest BCUT2D eigenvalue weighted by atomic mass is 10.1. The monoisotopic (exact) mass is 287 g/mol. The molecule has 0 aliphatic carbocycles. The van der Waals surface area contributed by atoms with Crippen LogP contribution in [0.2, 0.25) is 5.02 Å². The van der Waals surface area contributed by atoms with E-state index in [0.717, 1.165) is 10.5 Å². The average Bonchev–Trinajstić information content (AvgIpc) is 2.63. The molecule has 0 fully saturated rings. The standard InChI is InChI=1S/C15H10ClNO3/c1-8-2-4-10-11(6-8)15(20)17(14(10)19)13-5-3-9(18)7-12(13)16/h2-7,18H,1H3. The Bertz CT molecular complexity index is 755. The van der Waals surface area contributed by atoms with Gasteiger partial charge in [0.1, 0.15) is 5.75 Å². The van der Waals surface area contributed by atoms with Crippen molar-refractivity contribution < 1.29 is 14.7 Å². The van der Waals surface area contributed by atoms with Gasteiger partial charge in [-0.25, -0.2) is 4.90 Å². The molecule has 0 saturated heterocycles. The van der Waals surface area contributed by atoms with Crippen molar-refractivity contribution >= 4 is 29.1 Å². The number of hydrogen-bond acceptors (Lipinski definition) is 3. The van der Waals surface area contributed by atoms with E-state index in [2.05, 4.69) is 0 Å². The van der Waals surface area contributed by atoms with Gasteiger partial charge in [-0.1, -0.05) is 23.2 Å². The summed E-state index contributed by atoms with van der Waals surface area (Å²) >= 11 is 6.01. The first-order chi connectivity index (χ1) is 9.49. The SMILES string of the molecule is Cc1ccc2c(c1)C(=O)N(c1ccc(O)cc1Cl)C2=O. The summed E-state index contributed by atoms with van der Waals surface area (Å²) in [5, 5.41) is 9.50. The molecule has 0 aromatic heterocycles. The Morgan fingerprint density at radius 3 is 2.40 bits per heavy atom. The van der Waals surface area contributed by atoms with E-state index in [-0.39, 0.29) is 16.5 Å². The molecule has 5 heteroatoms. The number of phenols is 1. The molecule has 2 aromatic carbocycles. The van der Waals surface area contributed by atoms with Crippen LogP contribution in [0.3, 0.4) is 0 Å². The zero-order chi connectivity index (χ0) is 14.4. The van der Waals surface area contributed by atoms with Crippen LogP contribution in [0.25, 0.3) is 0 Å². The summed E-state index contributed by atoms with van der Waals surface area (Å²) in [7, 11) is 0. The van der Waals surface area contributed by atoms with E-state index in [1.54, 1.807) is 18.2 Å². The van der Waals surface area contributed by atoms with Crippen LogP contribution in [0.5, 0.6) is 5.75 Å². The van der Waals surface area contributed by atoms with E-state index in [4.69, 9.17) is 11.6 Å². The minimum absolute atomic E-state index is 0.0220. The number of amides is 2. The maximum atomic E-state index is 12.4. The first-order valence-corrected chi connectivity index (χ1v) is 6.35. The van der Waals surface area contributed by atoms with Crippen LogP contribution in [0.1, 0.15) is 26.3 Å². The summed E-state index contributed by atoms with van der Waals surface area (Å²) in [6.07, 6.45) is 0. The third-order valence-electron chi connectivity index (χ3n) is 3.21. The highest BCUT2D eigenvalue weighted by Crippen LogP contribution is 2.35. The molecule has 1 N–H and O–H groups in total. The average molecular weight is 288 g/mol. The first-order valence-electron chi connectivity index (χ1n) is 5.97. The van der Waals surface area contributed by atoms with Gasteiger partial charge >= 0.3 is 0 Å².